The van der Waals surface area contributed by atoms with Crippen molar-refractivity contribution in [1.29, 1.82) is 0 Å². The largest absolute Gasteiger partial charge is 0.352 e. The molecule has 152 valence electrons. The first-order valence-electron chi connectivity index (χ1n) is 9.77. The Balaban J connectivity index is 1.39. The Morgan fingerprint density at radius 2 is 1.83 bits per heavy atom. The Kier molecular flexibility index (Phi) is 5.87. The summed E-state index contributed by atoms with van der Waals surface area (Å²) in [4.78, 5) is 14.9. The van der Waals surface area contributed by atoms with Crippen molar-refractivity contribution in [1.82, 2.24) is 20.1 Å². The lowest BCUT2D eigenvalue weighted by Gasteiger charge is -2.31. The second kappa shape index (κ2) is 8.55. The van der Waals surface area contributed by atoms with Crippen LogP contribution in [0, 0.1) is 19.8 Å². The second-order valence-corrected chi connectivity index (χ2v) is 8.82. The molecule has 0 aliphatic carbocycles. The van der Waals surface area contributed by atoms with Gasteiger partial charge in [0.05, 0.1) is 5.92 Å². The normalized spacial score (nSPS) is 16.8. The molecule has 6 nitrogen and oxygen atoms in total. The van der Waals surface area contributed by atoms with E-state index < -0.39 is 0 Å². The van der Waals surface area contributed by atoms with Crippen molar-refractivity contribution in [2.75, 3.05) is 18.0 Å². The number of piperidine rings is 1. The minimum Gasteiger partial charge on any atom is -0.352 e. The molecule has 1 amide bonds. The van der Waals surface area contributed by atoms with Gasteiger partial charge in [-0.2, -0.15) is 0 Å². The molecule has 3 aromatic rings. The summed E-state index contributed by atoms with van der Waals surface area (Å²) in [6, 6.07) is 11.7. The number of nitrogens with zero attached hydrogens (tertiary/aromatic N) is 4. The van der Waals surface area contributed by atoms with E-state index in [1.807, 2.05) is 24.3 Å². The Bertz CT molecular complexity index is 977. The SMILES string of the molecule is Cc1ccc(C)n1-c1nnc(N2CCC[C@H](C(=O)NCc3ccc(Cl)cc3)C2)s1. The molecule has 1 aliphatic rings. The molecule has 0 unspecified atom stereocenters. The van der Waals surface area contributed by atoms with E-state index in [1.54, 1.807) is 11.3 Å². The molecular weight excluding hydrogens is 406 g/mol. The maximum atomic E-state index is 12.7. The zero-order chi connectivity index (χ0) is 20.4. The van der Waals surface area contributed by atoms with Crippen LogP contribution in [0.15, 0.2) is 36.4 Å². The first-order chi connectivity index (χ1) is 14.0. The molecule has 1 saturated heterocycles. The predicted molar refractivity (Wildman–Crippen MR) is 117 cm³/mol. The van der Waals surface area contributed by atoms with Gasteiger partial charge >= 0.3 is 0 Å². The summed E-state index contributed by atoms with van der Waals surface area (Å²) in [5.74, 6) is 0.0462. The third kappa shape index (κ3) is 4.46. The smallest absolute Gasteiger partial charge is 0.225 e. The molecule has 29 heavy (non-hydrogen) atoms. The number of hydrogen-bond acceptors (Lipinski definition) is 5. The summed E-state index contributed by atoms with van der Waals surface area (Å²) >= 11 is 7.49. The van der Waals surface area contributed by atoms with Gasteiger partial charge in [-0.3, -0.25) is 9.36 Å². The first kappa shape index (κ1) is 19.9. The van der Waals surface area contributed by atoms with E-state index in [9.17, 15) is 4.79 Å². The maximum absolute atomic E-state index is 12.7. The van der Waals surface area contributed by atoms with Crippen molar-refractivity contribution < 1.29 is 4.79 Å². The van der Waals surface area contributed by atoms with E-state index in [1.165, 1.54) is 0 Å². The van der Waals surface area contributed by atoms with Gasteiger partial charge in [0, 0.05) is 36.0 Å². The van der Waals surface area contributed by atoms with Gasteiger partial charge < -0.3 is 10.2 Å². The van der Waals surface area contributed by atoms with Crippen molar-refractivity contribution in [3.63, 3.8) is 0 Å². The zero-order valence-electron chi connectivity index (χ0n) is 16.6. The molecule has 1 N–H and O–H groups in total. The molecule has 1 aliphatic heterocycles. The van der Waals surface area contributed by atoms with Crippen LogP contribution in [-0.2, 0) is 11.3 Å². The average Bonchev–Trinajstić information content (AvgIpc) is 3.33. The fourth-order valence-corrected chi connectivity index (χ4v) is 4.82. The monoisotopic (exact) mass is 429 g/mol. The zero-order valence-corrected chi connectivity index (χ0v) is 18.1. The Morgan fingerprint density at radius 3 is 2.55 bits per heavy atom. The number of carbonyl (C=O) groups is 1. The van der Waals surface area contributed by atoms with Crippen LogP contribution >= 0.6 is 22.9 Å². The highest BCUT2D eigenvalue weighted by Crippen LogP contribution is 2.29. The fraction of sp³-hybridized carbons (Fsp3) is 0.381. The van der Waals surface area contributed by atoms with Crippen molar-refractivity contribution in [2.24, 2.45) is 5.92 Å². The predicted octanol–water partition coefficient (Wildman–Crippen LogP) is 4.13. The van der Waals surface area contributed by atoms with Gasteiger partial charge in [-0.25, -0.2) is 0 Å². The van der Waals surface area contributed by atoms with Crippen molar-refractivity contribution in [3.05, 3.63) is 58.4 Å². The van der Waals surface area contributed by atoms with Crippen LogP contribution in [0.1, 0.15) is 29.8 Å². The van der Waals surface area contributed by atoms with Gasteiger partial charge in [0.1, 0.15) is 0 Å². The Morgan fingerprint density at radius 1 is 1.14 bits per heavy atom. The molecule has 1 atom stereocenters. The molecule has 1 fully saturated rings. The number of aromatic nitrogens is 3. The number of carbonyl (C=O) groups excluding carboxylic acids is 1. The molecule has 0 radical (unpaired) electrons. The second-order valence-electron chi connectivity index (χ2n) is 7.45. The lowest BCUT2D eigenvalue weighted by atomic mass is 9.97. The number of amides is 1. The highest BCUT2D eigenvalue weighted by molar-refractivity contribution is 7.17. The highest BCUT2D eigenvalue weighted by Gasteiger charge is 2.27. The lowest BCUT2D eigenvalue weighted by molar-refractivity contribution is -0.125. The molecule has 0 saturated carbocycles. The molecule has 8 heteroatoms. The van der Waals surface area contributed by atoms with E-state index in [2.05, 4.69) is 51.0 Å². The number of anilines is 1. The number of hydrogen-bond donors (Lipinski definition) is 1. The van der Waals surface area contributed by atoms with Crippen LogP contribution in [-0.4, -0.2) is 33.8 Å². The van der Waals surface area contributed by atoms with E-state index in [0.717, 1.165) is 46.6 Å². The van der Waals surface area contributed by atoms with Gasteiger partial charge in [-0.05, 0) is 56.5 Å². The Labute approximate surface area is 179 Å². The van der Waals surface area contributed by atoms with Crippen molar-refractivity contribution >= 4 is 34.0 Å². The van der Waals surface area contributed by atoms with Crippen LogP contribution in [0.3, 0.4) is 0 Å². The average molecular weight is 430 g/mol. The van der Waals surface area contributed by atoms with Crippen molar-refractivity contribution in [3.8, 4) is 5.13 Å². The fourth-order valence-electron chi connectivity index (χ4n) is 3.70. The summed E-state index contributed by atoms with van der Waals surface area (Å²) < 4.78 is 2.11. The van der Waals surface area contributed by atoms with Crippen LogP contribution in [0.4, 0.5) is 5.13 Å². The van der Waals surface area contributed by atoms with Crippen LogP contribution in [0.5, 0.6) is 0 Å². The molecule has 3 heterocycles. The number of halogens is 1. The number of aryl methyl sites for hydroxylation is 2. The third-order valence-electron chi connectivity index (χ3n) is 5.31. The van der Waals surface area contributed by atoms with E-state index in [0.29, 0.717) is 18.1 Å². The molecule has 4 rings (SSSR count). The van der Waals surface area contributed by atoms with Gasteiger partial charge in [-0.1, -0.05) is 35.1 Å². The quantitative estimate of drug-likeness (QED) is 0.662. The molecule has 2 aromatic heterocycles. The molecular formula is C21H24ClN5OS. The molecule has 0 spiro atoms. The topological polar surface area (TPSA) is 63.1 Å². The van der Waals surface area contributed by atoms with Crippen LogP contribution < -0.4 is 10.2 Å². The lowest BCUT2D eigenvalue weighted by Crippen LogP contribution is -2.43. The molecule has 1 aromatic carbocycles. The number of rotatable bonds is 5. The minimum atomic E-state index is -0.0431. The minimum absolute atomic E-state index is 0.0431. The van der Waals surface area contributed by atoms with Gasteiger partial charge in [0.25, 0.3) is 0 Å². The summed E-state index contributed by atoms with van der Waals surface area (Å²) in [5, 5.41) is 14.3. The first-order valence-corrected chi connectivity index (χ1v) is 11.0. The van der Waals surface area contributed by atoms with Gasteiger partial charge in [0.2, 0.25) is 16.2 Å². The van der Waals surface area contributed by atoms with Gasteiger partial charge in [0.15, 0.2) is 0 Å². The highest BCUT2D eigenvalue weighted by atomic mass is 35.5. The van der Waals surface area contributed by atoms with Crippen LogP contribution in [0.25, 0.3) is 5.13 Å². The van der Waals surface area contributed by atoms with Gasteiger partial charge in [-0.15, -0.1) is 10.2 Å². The standard InChI is InChI=1S/C21H24ClN5OS/c1-14-5-6-15(2)27(14)21-25-24-20(29-21)26-11-3-4-17(13-26)19(28)23-12-16-7-9-18(22)10-8-16/h5-10,17H,3-4,11-13H2,1-2H3,(H,23,28)/t17-/m0/s1. The number of benzene rings is 1. The summed E-state index contributed by atoms with van der Waals surface area (Å²) in [7, 11) is 0. The van der Waals surface area contributed by atoms with E-state index in [-0.39, 0.29) is 11.8 Å². The number of nitrogens with one attached hydrogen (secondary N) is 1. The maximum Gasteiger partial charge on any atom is 0.225 e. The summed E-state index contributed by atoms with van der Waals surface area (Å²) in [5.41, 5.74) is 3.33. The van der Waals surface area contributed by atoms with Crippen molar-refractivity contribution in [2.45, 2.75) is 33.2 Å². The third-order valence-corrected chi connectivity index (χ3v) is 6.53. The summed E-state index contributed by atoms with van der Waals surface area (Å²) in [6.07, 6.45) is 1.86. The van der Waals surface area contributed by atoms with E-state index in [4.69, 9.17) is 11.6 Å². The molecule has 0 bridgehead atoms. The van der Waals surface area contributed by atoms with E-state index >= 15 is 0 Å². The summed E-state index contributed by atoms with van der Waals surface area (Å²) in [6.45, 7) is 6.22. The van der Waals surface area contributed by atoms with Crippen LogP contribution in [0.2, 0.25) is 5.02 Å². The Hall–Kier alpha value is -2.38.